The summed E-state index contributed by atoms with van der Waals surface area (Å²) in [7, 11) is 0. The summed E-state index contributed by atoms with van der Waals surface area (Å²) < 4.78 is 5.34. The first-order valence-corrected chi connectivity index (χ1v) is 11.2. The molecule has 2 aromatic rings. The Morgan fingerprint density at radius 2 is 1.73 bits per heavy atom. The van der Waals surface area contributed by atoms with E-state index in [-0.39, 0.29) is 35.8 Å². The lowest BCUT2D eigenvalue weighted by molar-refractivity contribution is -0.157. The van der Waals surface area contributed by atoms with Gasteiger partial charge < -0.3 is 9.72 Å². The van der Waals surface area contributed by atoms with E-state index in [4.69, 9.17) is 4.74 Å². The molecule has 0 unspecified atom stereocenters. The number of H-pyrrole nitrogens is 1. The van der Waals surface area contributed by atoms with Gasteiger partial charge in [0.05, 0.1) is 10.9 Å². The van der Waals surface area contributed by atoms with Crippen molar-refractivity contribution in [2.24, 2.45) is 23.2 Å². The molecule has 0 atom stereocenters. The number of carbonyl (C=O) groups is 2. The number of aromatic amines is 1. The molecule has 1 N–H and O–H groups in total. The number of hydrogen-bond acceptors (Lipinski definition) is 5. The van der Waals surface area contributed by atoms with Crippen molar-refractivity contribution in [3.05, 3.63) is 40.4 Å². The molecule has 4 bridgehead atoms. The van der Waals surface area contributed by atoms with Crippen LogP contribution >= 0.6 is 0 Å². The molecule has 158 valence electrons. The number of rotatable bonds is 7. The number of hydrogen-bond donors (Lipinski definition) is 1. The Kier molecular flexibility index (Phi) is 4.95. The summed E-state index contributed by atoms with van der Waals surface area (Å²) in [6.07, 6.45) is 8.07. The van der Waals surface area contributed by atoms with E-state index in [9.17, 15) is 14.4 Å². The fourth-order valence-corrected chi connectivity index (χ4v) is 6.48. The van der Waals surface area contributed by atoms with Crippen LogP contribution in [0.15, 0.2) is 29.1 Å². The monoisotopic (exact) mass is 408 g/mol. The van der Waals surface area contributed by atoms with E-state index in [1.165, 1.54) is 19.3 Å². The van der Waals surface area contributed by atoms with Crippen LogP contribution in [-0.4, -0.2) is 28.3 Å². The highest BCUT2D eigenvalue weighted by atomic mass is 16.5. The lowest BCUT2D eigenvalue weighted by atomic mass is 9.48. The van der Waals surface area contributed by atoms with Crippen LogP contribution in [0.2, 0.25) is 0 Å². The van der Waals surface area contributed by atoms with Crippen LogP contribution in [0, 0.1) is 23.2 Å². The van der Waals surface area contributed by atoms with Crippen LogP contribution in [0.3, 0.4) is 0 Å². The fourth-order valence-electron chi connectivity index (χ4n) is 6.48. The summed E-state index contributed by atoms with van der Waals surface area (Å²) in [5, 5.41) is 0.559. The molecule has 0 saturated heterocycles. The van der Waals surface area contributed by atoms with Gasteiger partial charge in [0.15, 0.2) is 12.4 Å². The molecule has 6 nitrogen and oxygen atoms in total. The lowest BCUT2D eigenvalue weighted by Crippen LogP contribution is -2.51. The second-order valence-electron chi connectivity index (χ2n) is 9.67. The van der Waals surface area contributed by atoms with Gasteiger partial charge in [0.1, 0.15) is 5.82 Å². The topological polar surface area (TPSA) is 89.1 Å². The predicted molar refractivity (Wildman–Crippen MR) is 112 cm³/mol. The Bertz CT molecular complexity index is 1010. The number of nitrogens with one attached hydrogen (secondary N) is 1. The summed E-state index contributed by atoms with van der Waals surface area (Å²) >= 11 is 0. The molecule has 1 aromatic heterocycles. The average Bonchev–Trinajstić information content (AvgIpc) is 2.71. The molecule has 4 saturated carbocycles. The summed E-state index contributed by atoms with van der Waals surface area (Å²) in [4.78, 5) is 44.4. The van der Waals surface area contributed by atoms with Crippen LogP contribution in [-0.2, 0) is 20.7 Å². The summed E-state index contributed by atoms with van der Waals surface area (Å²) in [5.74, 6) is 2.45. The Morgan fingerprint density at radius 1 is 1.07 bits per heavy atom. The van der Waals surface area contributed by atoms with Gasteiger partial charge >= 0.3 is 5.97 Å². The molecule has 0 amide bonds. The largest absolute Gasteiger partial charge is 0.458 e. The average molecular weight is 408 g/mol. The standard InChI is InChI=1S/C24H28N2O4/c27-20(24-11-15-8-16(12-24)10-17(9-15)13-24)14-30-22(28)7-3-6-21-25-19-5-2-1-4-18(19)23(29)26-21/h1-2,4-5,15-17H,3,6-14H2,(H,25,26,29). The van der Waals surface area contributed by atoms with Crippen molar-refractivity contribution in [1.29, 1.82) is 0 Å². The number of benzene rings is 1. The van der Waals surface area contributed by atoms with Gasteiger partial charge in [-0.1, -0.05) is 12.1 Å². The minimum absolute atomic E-state index is 0.0873. The Hall–Kier alpha value is -2.50. The molecule has 30 heavy (non-hydrogen) atoms. The highest BCUT2D eigenvalue weighted by molar-refractivity contribution is 5.88. The van der Waals surface area contributed by atoms with Crippen molar-refractivity contribution in [2.75, 3.05) is 6.61 Å². The molecule has 1 aromatic carbocycles. The first-order valence-electron chi connectivity index (χ1n) is 11.2. The summed E-state index contributed by atoms with van der Waals surface area (Å²) in [5.41, 5.74) is 0.267. The van der Waals surface area contributed by atoms with E-state index in [0.717, 1.165) is 19.3 Å². The first kappa shape index (κ1) is 19.5. The number of Topliss-reactive ketones (excluding diaryl/α,β-unsaturated/α-hetero) is 1. The zero-order valence-electron chi connectivity index (χ0n) is 17.2. The van der Waals surface area contributed by atoms with Crippen molar-refractivity contribution in [2.45, 2.75) is 57.8 Å². The highest BCUT2D eigenvalue weighted by Crippen LogP contribution is 2.60. The van der Waals surface area contributed by atoms with E-state index < -0.39 is 0 Å². The highest BCUT2D eigenvalue weighted by Gasteiger charge is 2.54. The fraction of sp³-hybridized carbons (Fsp3) is 0.583. The molecule has 6 heteroatoms. The maximum absolute atomic E-state index is 12.9. The minimum atomic E-state index is -0.351. The molecule has 4 fully saturated rings. The molecule has 0 spiro atoms. The summed E-state index contributed by atoms with van der Waals surface area (Å²) in [6.45, 7) is -0.0873. The third kappa shape index (κ3) is 3.68. The van der Waals surface area contributed by atoms with E-state index in [2.05, 4.69) is 9.97 Å². The molecular weight excluding hydrogens is 380 g/mol. The molecule has 4 aliphatic carbocycles. The van der Waals surface area contributed by atoms with Gasteiger partial charge in [-0.05, 0) is 74.8 Å². The normalized spacial score (nSPS) is 29.3. The first-order chi connectivity index (χ1) is 14.5. The number of aryl methyl sites for hydroxylation is 1. The number of para-hydroxylation sites is 1. The van der Waals surface area contributed by atoms with E-state index >= 15 is 0 Å². The number of nitrogens with zero attached hydrogens (tertiary/aromatic N) is 1. The molecular formula is C24H28N2O4. The Morgan fingerprint density at radius 3 is 2.43 bits per heavy atom. The number of fused-ring (bicyclic) bond motifs is 1. The summed E-state index contributed by atoms with van der Waals surface area (Å²) in [6, 6.07) is 7.19. The number of carbonyl (C=O) groups excluding carboxylic acids is 2. The van der Waals surface area contributed by atoms with Crippen molar-refractivity contribution >= 4 is 22.7 Å². The molecule has 0 aliphatic heterocycles. The van der Waals surface area contributed by atoms with Crippen LogP contribution in [0.5, 0.6) is 0 Å². The maximum atomic E-state index is 12.9. The minimum Gasteiger partial charge on any atom is -0.458 e. The smallest absolute Gasteiger partial charge is 0.306 e. The number of ether oxygens (including phenoxy) is 1. The van der Waals surface area contributed by atoms with Crippen LogP contribution in [0.25, 0.3) is 10.9 Å². The molecule has 6 rings (SSSR count). The van der Waals surface area contributed by atoms with Crippen LogP contribution < -0.4 is 5.56 Å². The van der Waals surface area contributed by atoms with Gasteiger partial charge in [0.2, 0.25) is 0 Å². The maximum Gasteiger partial charge on any atom is 0.306 e. The van der Waals surface area contributed by atoms with Gasteiger partial charge in [0.25, 0.3) is 5.56 Å². The zero-order chi connectivity index (χ0) is 20.7. The SMILES string of the molecule is O=C(CCCc1nc2ccccc2c(=O)[nH]1)OCC(=O)C12CC3CC(CC(C3)C1)C2. The van der Waals surface area contributed by atoms with Gasteiger partial charge in [-0.25, -0.2) is 4.98 Å². The number of ketones is 1. The Balaban J connectivity index is 1.11. The van der Waals surface area contributed by atoms with Crippen molar-refractivity contribution in [3.8, 4) is 0 Å². The second-order valence-corrected chi connectivity index (χ2v) is 9.67. The quantitative estimate of drug-likeness (QED) is 0.708. The van der Waals surface area contributed by atoms with E-state index in [1.54, 1.807) is 18.2 Å². The van der Waals surface area contributed by atoms with Crippen molar-refractivity contribution in [1.82, 2.24) is 9.97 Å². The van der Waals surface area contributed by atoms with Gasteiger partial charge in [-0.15, -0.1) is 0 Å². The molecule has 0 radical (unpaired) electrons. The number of aromatic nitrogens is 2. The van der Waals surface area contributed by atoms with Gasteiger partial charge in [0, 0.05) is 18.3 Å². The van der Waals surface area contributed by atoms with E-state index in [0.29, 0.717) is 47.3 Å². The van der Waals surface area contributed by atoms with Crippen molar-refractivity contribution in [3.63, 3.8) is 0 Å². The lowest BCUT2D eigenvalue weighted by Gasteiger charge is -2.55. The second kappa shape index (κ2) is 7.64. The van der Waals surface area contributed by atoms with Crippen molar-refractivity contribution < 1.29 is 14.3 Å². The Labute approximate surface area is 175 Å². The zero-order valence-corrected chi connectivity index (χ0v) is 17.2. The third-order valence-electron chi connectivity index (χ3n) is 7.45. The van der Waals surface area contributed by atoms with Crippen LogP contribution in [0.1, 0.15) is 57.2 Å². The predicted octanol–water partition coefficient (Wildman–Crippen LogP) is 3.57. The van der Waals surface area contributed by atoms with Gasteiger partial charge in [-0.2, -0.15) is 0 Å². The van der Waals surface area contributed by atoms with Gasteiger partial charge in [-0.3, -0.25) is 14.4 Å². The third-order valence-corrected chi connectivity index (χ3v) is 7.45. The van der Waals surface area contributed by atoms with E-state index in [1.807, 2.05) is 6.07 Å². The van der Waals surface area contributed by atoms with Crippen LogP contribution in [0.4, 0.5) is 0 Å². The number of esters is 1. The molecule has 1 heterocycles. The molecule has 4 aliphatic rings.